The number of hydrogen-bond donors (Lipinski definition) is 1. The lowest BCUT2D eigenvalue weighted by Crippen LogP contribution is -2.29. The highest BCUT2D eigenvalue weighted by molar-refractivity contribution is 7.92. The molecule has 0 aliphatic carbocycles. The van der Waals surface area contributed by atoms with E-state index in [1.54, 1.807) is 19.1 Å². The summed E-state index contributed by atoms with van der Waals surface area (Å²) in [6.07, 6.45) is -6.02. The van der Waals surface area contributed by atoms with Crippen LogP contribution in [0.2, 0.25) is 0 Å². The van der Waals surface area contributed by atoms with E-state index in [1.807, 2.05) is 0 Å². The zero-order valence-electron chi connectivity index (χ0n) is 16.5. The molecule has 1 atom stereocenters. The molecule has 0 spiro atoms. The van der Waals surface area contributed by atoms with Gasteiger partial charge in [-0.25, -0.2) is 18.4 Å². The van der Waals surface area contributed by atoms with Crippen molar-refractivity contribution in [1.82, 2.24) is 14.5 Å². The van der Waals surface area contributed by atoms with Crippen LogP contribution < -0.4 is 15.0 Å². The maximum Gasteiger partial charge on any atom is 0.429 e. The number of nitrogens with zero attached hydrogens (tertiary/aromatic N) is 3. The van der Waals surface area contributed by atoms with Crippen molar-refractivity contribution in [3.8, 4) is 5.88 Å². The number of anilines is 1. The zero-order valence-corrected chi connectivity index (χ0v) is 17.4. The van der Waals surface area contributed by atoms with Crippen LogP contribution in [0.1, 0.15) is 25.0 Å². The molecule has 12 heteroatoms. The molecule has 8 nitrogen and oxygen atoms in total. The predicted molar refractivity (Wildman–Crippen MR) is 108 cm³/mol. The van der Waals surface area contributed by atoms with Crippen molar-refractivity contribution in [2.24, 2.45) is 7.05 Å². The highest BCUT2D eigenvalue weighted by atomic mass is 32.2. The molecule has 0 bridgehead atoms. The summed E-state index contributed by atoms with van der Waals surface area (Å²) < 4.78 is 74.3. The van der Waals surface area contributed by atoms with Crippen LogP contribution in [0.3, 0.4) is 0 Å². The number of ether oxygens (including phenoxy) is 1. The molecular weight excluding hydrogens is 437 g/mol. The summed E-state index contributed by atoms with van der Waals surface area (Å²) in [4.78, 5) is 20.0. The average Bonchev–Trinajstić information content (AvgIpc) is 2.67. The number of pyridine rings is 1. The second-order valence-electron chi connectivity index (χ2n) is 6.74. The number of aromatic nitrogens is 3. The van der Waals surface area contributed by atoms with Gasteiger partial charge in [-0.05, 0) is 24.6 Å². The molecule has 2 heterocycles. The van der Waals surface area contributed by atoms with Crippen LogP contribution in [0.5, 0.6) is 5.88 Å². The van der Waals surface area contributed by atoms with Crippen molar-refractivity contribution in [2.75, 3.05) is 10.5 Å². The number of hydrogen-bond acceptors (Lipinski definition) is 6. The van der Waals surface area contributed by atoms with Gasteiger partial charge in [0.1, 0.15) is 0 Å². The fourth-order valence-corrected chi connectivity index (χ4v) is 3.83. The molecule has 3 rings (SSSR count). The highest BCUT2D eigenvalue weighted by Gasteiger charge is 2.44. The Kier molecular flexibility index (Phi) is 6.20. The molecule has 1 unspecified atom stereocenters. The SMILES string of the molecule is CCCS(=O)(=O)Nc1nc2ccccc2nc1OC(c1ccn(C)c(=O)c1)C(F)(F)F. The van der Waals surface area contributed by atoms with Gasteiger partial charge < -0.3 is 9.30 Å². The van der Waals surface area contributed by atoms with Gasteiger partial charge in [-0.15, -0.1) is 0 Å². The van der Waals surface area contributed by atoms with Crippen molar-refractivity contribution in [3.05, 3.63) is 58.5 Å². The van der Waals surface area contributed by atoms with E-state index >= 15 is 0 Å². The van der Waals surface area contributed by atoms with Gasteiger partial charge in [0.05, 0.1) is 16.8 Å². The Bertz CT molecular complexity index is 1260. The van der Waals surface area contributed by atoms with Crippen LogP contribution in [-0.4, -0.2) is 34.9 Å². The molecule has 0 fully saturated rings. The van der Waals surface area contributed by atoms with E-state index in [-0.39, 0.29) is 23.2 Å². The third-order valence-corrected chi connectivity index (χ3v) is 5.67. The standard InChI is InChI=1S/C19H19F3N4O4S/c1-3-10-31(28,29)25-17-18(24-14-7-5-4-6-13(14)23-17)30-16(19(20,21)22)12-8-9-26(2)15(27)11-12/h4-9,11,16H,3,10H2,1-2H3,(H,23,25). The maximum atomic E-state index is 13.8. The molecule has 0 saturated heterocycles. The van der Waals surface area contributed by atoms with Crippen molar-refractivity contribution in [3.63, 3.8) is 0 Å². The third kappa shape index (κ3) is 5.32. The first-order valence-electron chi connectivity index (χ1n) is 9.17. The lowest BCUT2D eigenvalue weighted by Gasteiger charge is -2.23. The number of rotatable bonds is 7. The van der Waals surface area contributed by atoms with Crippen molar-refractivity contribution in [1.29, 1.82) is 0 Å². The van der Waals surface area contributed by atoms with Gasteiger partial charge in [0.2, 0.25) is 21.9 Å². The van der Waals surface area contributed by atoms with Gasteiger partial charge in [-0.3, -0.25) is 9.52 Å². The number of aryl methyl sites for hydroxylation is 1. The molecule has 3 aromatic rings. The van der Waals surface area contributed by atoms with E-state index in [1.165, 1.54) is 25.4 Å². The van der Waals surface area contributed by atoms with E-state index in [4.69, 9.17) is 4.74 Å². The van der Waals surface area contributed by atoms with E-state index in [0.29, 0.717) is 0 Å². The largest absolute Gasteiger partial charge is 0.457 e. The van der Waals surface area contributed by atoms with Gasteiger partial charge in [-0.2, -0.15) is 13.2 Å². The normalized spacial score (nSPS) is 13.2. The molecule has 166 valence electrons. The highest BCUT2D eigenvalue weighted by Crippen LogP contribution is 2.38. The van der Waals surface area contributed by atoms with Gasteiger partial charge >= 0.3 is 6.18 Å². The summed E-state index contributed by atoms with van der Waals surface area (Å²) in [6.45, 7) is 1.64. The first kappa shape index (κ1) is 22.5. The second kappa shape index (κ2) is 8.53. The molecule has 1 aromatic carbocycles. The molecule has 1 N–H and O–H groups in total. The molecule has 0 saturated carbocycles. The topological polar surface area (TPSA) is 103 Å². The summed E-state index contributed by atoms with van der Waals surface area (Å²) in [5.74, 6) is -1.38. The number of sulfonamides is 1. The molecule has 0 aliphatic heterocycles. The molecular formula is C19H19F3N4O4S. The fraction of sp³-hybridized carbons (Fsp3) is 0.316. The van der Waals surface area contributed by atoms with Gasteiger partial charge in [0.15, 0.2) is 0 Å². The third-order valence-electron chi connectivity index (χ3n) is 4.22. The monoisotopic (exact) mass is 456 g/mol. The Balaban J connectivity index is 2.12. The molecule has 2 aromatic heterocycles. The Morgan fingerprint density at radius 2 is 1.81 bits per heavy atom. The minimum atomic E-state index is -4.92. The second-order valence-corrected chi connectivity index (χ2v) is 8.58. The number of para-hydroxylation sites is 2. The fourth-order valence-electron chi connectivity index (χ4n) is 2.76. The van der Waals surface area contributed by atoms with E-state index in [0.717, 1.165) is 16.7 Å². The van der Waals surface area contributed by atoms with Crippen LogP contribution in [0, 0.1) is 0 Å². The minimum absolute atomic E-state index is 0.209. The van der Waals surface area contributed by atoms with Crippen LogP contribution in [0.4, 0.5) is 19.0 Å². The summed E-state index contributed by atoms with van der Waals surface area (Å²) in [6, 6.07) is 8.15. The number of halogens is 3. The summed E-state index contributed by atoms with van der Waals surface area (Å²) >= 11 is 0. The number of fused-ring (bicyclic) bond motifs is 1. The van der Waals surface area contributed by atoms with Crippen molar-refractivity contribution in [2.45, 2.75) is 25.6 Å². The minimum Gasteiger partial charge on any atom is -0.457 e. The van der Waals surface area contributed by atoms with Crippen LogP contribution in [-0.2, 0) is 17.1 Å². The van der Waals surface area contributed by atoms with Gasteiger partial charge in [-0.1, -0.05) is 19.1 Å². The smallest absolute Gasteiger partial charge is 0.429 e. The zero-order chi connectivity index (χ0) is 22.8. The van der Waals surface area contributed by atoms with Gasteiger partial charge in [0, 0.05) is 24.9 Å². The van der Waals surface area contributed by atoms with Crippen LogP contribution in [0.15, 0.2) is 47.4 Å². The van der Waals surface area contributed by atoms with Crippen molar-refractivity contribution >= 4 is 26.9 Å². The number of alkyl halides is 3. The first-order valence-corrected chi connectivity index (χ1v) is 10.8. The number of benzene rings is 1. The predicted octanol–water partition coefficient (Wildman–Crippen LogP) is 3.16. The van der Waals surface area contributed by atoms with E-state index in [2.05, 4.69) is 14.7 Å². The first-order chi connectivity index (χ1) is 14.5. The van der Waals surface area contributed by atoms with E-state index < -0.39 is 45.1 Å². The Morgan fingerprint density at radius 1 is 1.16 bits per heavy atom. The summed E-state index contributed by atoms with van der Waals surface area (Å²) in [7, 11) is -2.50. The molecule has 0 amide bonds. The molecule has 31 heavy (non-hydrogen) atoms. The Hall–Kier alpha value is -3.15. The summed E-state index contributed by atoms with van der Waals surface area (Å²) in [5, 5.41) is 0. The summed E-state index contributed by atoms with van der Waals surface area (Å²) in [5.41, 5.74) is -0.640. The van der Waals surface area contributed by atoms with Gasteiger partial charge in [0.25, 0.3) is 11.4 Å². The average molecular weight is 456 g/mol. The Labute approximate surface area is 175 Å². The van der Waals surface area contributed by atoms with Crippen molar-refractivity contribution < 1.29 is 26.3 Å². The Morgan fingerprint density at radius 3 is 2.39 bits per heavy atom. The molecule has 0 radical (unpaired) electrons. The van der Waals surface area contributed by atoms with E-state index in [9.17, 15) is 26.4 Å². The maximum absolute atomic E-state index is 13.8. The lowest BCUT2D eigenvalue weighted by atomic mass is 10.1. The van der Waals surface area contributed by atoms with Crippen LogP contribution in [0.25, 0.3) is 11.0 Å². The number of nitrogens with one attached hydrogen (secondary N) is 1. The van der Waals surface area contributed by atoms with Crippen LogP contribution >= 0.6 is 0 Å². The quantitative estimate of drug-likeness (QED) is 0.586. The lowest BCUT2D eigenvalue weighted by molar-refractivity contribution is -0.198. The molecule has 0 aliphatic rings.